The quantitative estimate of drug-likeness (QED) is 0.744. The third kappa shape index (κ3) is 3.73. The van der Waals surface area contributed by atoms with E-state index in [0.717, 1.165) is 0 Å². The molecule has 0 aromatic heterocycles. The number of rotatable bonds is 5. The minimum absolute atomic E-state index is 0.0754. The fourth-order valence-electron chi connectivity index (χ4n) is 2.65. The Balaban J connectivity index is 1.98. The van der Waals surface area contributed by atoms with E-state index in [1.54, 1.807) is 27.7 Å². The highest BCUT2D eigenvalue weighted by molar-refractivity contribution is 5.74. The summed E-state index contributed by atoms with van der Waals surface area (Å²) in [6.45, 7) is 7.06. The van der Waals surface area contributed by atoms with E-state index in [1.807, 2.05) is 0 Å². The second-order valence-electron chi connectivity index (χ2n) is 6.08. The van der Waals surface area contributed by atoms with Crippen molar-refractivity contribution in [2.45, 2.75) is 76.7 Å². The van der Waals surface area contributed by atoms with Crippen molar-refractivity contribution in [2.75, 3.05) is 7.11 Å². The monoisotopic (exact) mass is 304 g/mol. The number of ether oxygens (including phenoxy) is 5. The topological polar surface area (TPSA) is 83.5 Å². The molecule has 0 aromatic carbocycles. The molecular formula is C14H24O7. The molecule has 0 spiro atoms. The van der Waals surface area contributed by atoms with Gasteiger partial charge in [0.2, 0.25) is 0 Å². The zero-order valence-corrected chi connectivity index (χ0v) is 13.1. The van der Waals surface area contributed by atoms with Gasteiger partial charge in [-0.05, 0) is 27.7 Å². The minimum atomic E-state index is -1.26. The number of hydrogen-bond donors (Lipinski definition) is 1. The van der Waals surface area contributed by atoms with E-state index in [0.29, 0.717) is 0 Å². The van der Waals surface area contributed by atoms with Gasteiger partial charge in [0.25, 0.3) is 0 Å². The van der Waals surface area contributed by atoms with E-state index in [-0.39, 0.29) is 24.7 Å². The van der Waals surface area contributed by atoms with Crippen LogP contribution in [0.15, 0.2) is 0 Å². The molecule has 0 saturated carbocycles. The van der Waals surface area contributed by atoms with Crippen molar-refractivity contribution in [1.82, 2.24) is 0 Å². The molecule has 2 aliphatic heterocycles. The molecule has 0 radical (unpaired) electrons. The summed E-state index contributed by atoms with van der Waals surface area (Å²) in [5, 5.41) is 9.94. The van der Waals surface area contributed by atoms with E-state index in [2.05, 4.69) is 0 Å². The maximum Gasteiger partial charge on any atom is 0.335 e. The number of fused-ring (bicyclic) bond motifs is 1. The SMILES string of the molecule is CO[C@@H]1O[C@H](CC(O)C(=O)OC(C)C)[C@H]2OC(C)(C)O[C@@H]12. The van der Waals surface area contributed by atoms with Gasteiger partial charge in [-0.1, -0.05) is 0 Å². The second kappa shape index (κ2) is 6.18. The molecule has 122 valence electrons. The average Bonchev–Trinajstić information content (AvgIpc) is 2.83. The average molecular weight is 304 g/mol. The molecule has 0 amide bonds. The number of aliphatic hydroxyl groups is 1. The van der Waals surface area contributed by atoms with Crippen LogP contribution >= 0.6 is 0 Å². The molecule has 0 bridgehead atoms. The first kappa shape index (κ1) is 16.6. The Hall–Kier alpha value is -0.730. The van der Waals surface area contributed by atoms with Crippen molar-refractivity contribution >= 4 is 5.97 Å². The number of hydrogen-bond acceptors (Lipinski definition) is 7. The minimum Gasteiger partial charge on any atom is -0.461 e. The Morgan fingerprint density at radius 2 is 1.90 bits per heavy atom. The van der Waals surface area contributed by atoms with Gasteiger partial charge >= 0.3 is 5.97 Å². The molecule has 0 aromatic rings. The highest BCUT2D eigenvalue weighted by Gasteiger charge is 2.56. The summed E-state index contributed by atoms with van der Waals surface area (Å²) in [6, 6.07) is 0. The van der Waals surface area contributed by atoms with Crippen LogP contribution in [0.25, 0.3) is 0 Å². The van der Waals surface area contributed by atoms with Gasteiger partial charge < -0.3 is 28.8 Å². The highest BCUT2D eigenvalue weighted by Crippen LogP contribution is 2.40. The largest absolute Gasteiger partial charge is 0.461 e. The van der Waals surface area contributed by atoms with Gasteiger partial charge in [0.1, 0.15) is 12.2 Å². The van der Waals surface area contributed by atoms with Crippen LogP contribution in [-0.2, 0) is 28.5 Å². The Morgan fingerprint density at radius 1 is 1.29 bits per heavy atom. The van der Waals surface area contributed by atoms with Crippen LogP contribution in [0.2, 0.25) is 0 Å². The molecule has 7 nitrogen and oxygen atoms in total. The van der Waals surface area contributed by atoms with Crippen molar-refractivity contribution in [3.8, 4) is 0 Å². The van der Waals surface area contributed by atoms with Crippen molar-refractivity contribution in [1.29, 1.82) is 0 Å². The summed E-state index contributed by atoms with van der Waals surface area (Å²) >= 11 is 0. The molecule has 2 heterocycles. The molecule has 0 aliphatic carbocycles. The van der Waals surface area contributed by atoms with Crippen molar-refractivity contribution in [3.05, 3.63) is 0 Å². The fraction of sp³-hybridized carbons (Fsp3) is 0.929. The Bertz CT molecular complexity index is 382. The molecule has 2 aliphatic rings. The van der Waals surface area contributed by atoms with Crippen LogP contribution in [0.1, 0.15) is 34.1 Å². The number of esters is 1. The normalized spacial score (nSPS) is 35.8. The Labute approximate surface area is 124 Å². The number of methoxy groups -OCH3 is 1. The summed E-state index contributed by atoms with van der Waals surface area (Å²) in [5.41, 5.74) is 0. The molecule has 5 atom stereocenters. The maximum absolute atomic E-state index is 11.7. The van der Waals surface area contributed by atoms with Gasteiger partial charge in [-0.3, -0.25) is 0 Å². The fourth-order valence-corrected chi connectivity index (χ4v) is 2.65. The number of carbonyl (C=O) groups is 1. The van der Waals surface area contributed by atoms with Crippen LogP contribution in [0.3, 0.4) is 0 Å². The van der Waals surface area contributed by atoms with Crippen molar-refractivity contribution in [3.63, 3.8) is 0 Å². The molecule has 2 fully saturated rings. The lowest BCUT2D eigenvalue weighted by atomic mass is 10.0. The Morgan fingerprint density at radius 3 is 2.48 bits per heavy atom. The maximum atomic E-state index is 11.7. The van der Waals surface area contributed by atoms with Gasteiger partial charge in [0, 0.05) is 13.5 Å². The molecule has 1 unspecified atom stereocenters. The summed E-state index contributed by atoms with van der Waals surface area (Å²) in [5.74, 6) is -1.40. The van der Waals surface area contributed by atoms with Gasteiger partial charge in [-0.15, -0.1) is 0 Å². The highest BCUT2D eigenvalue weighted by atomic mass is 16.8. The van der Waals surface area contributed by atoms with Crippen LogP contribution in [0, 0.1) is 0 Å². The lowest BCUT2D eigenvalue weighted by Crippen LogP contribution is -2.36. The van der Waals surface area contributed by atoms with E-state index >= 15 is 0 Å². The first-order chi connectivity index (χ1) is 9.73. The van der Waals surface area contributed by atoms with Crippen LogP contribution in [0.4, 0.5) is 0 Å². The van der Waals surface area contributed by atoms with Gasteiger partial charge in [-0.2, -0.15) is 0 Å². The summed E-state index contributed by atoms with van der Waals surface area (Å²) in [4.78, 5) is 11.7. The van der Waals surface area contributed by atoms with Gasteiger partial charge in [-0.25, -0.2) is 4.79 Å². The molecule has 21 heavy (non-hydrogen) atoms. The predicted molar refractivity (Wildman–Crippen MR) is 71.3 cm³/mol. The van der Waals surface area contributed by atoms with E-state index < -0.39 is 30.3 Å². The molecule has 2 saturated heterocycles. The van der Waals surface area contributed by atoms with E-state index in [4.69, 9.17) is 23.7 Å². The van der Waals surface area contributed by atoms with Crippen LogP contribution < -0.4 is 0 Å². The van der Waals surface area contributed by atoms with Gasteiger partial charge in [0.15, 0.2) is 18.2 Å². The lowest BCUT2D eigenvalue weighted by Gasteiger charge is -2.24. The van der Waals surface area contributed by atoms with Crippen molar-refractivity contribution in [2.24, 2.45) is 0 Å². The van der Waals surface area contributed by atoms with Crippen molar-refractivity contribution < 1.29 is 33.6 Å². The molecular weight excluding hydrogens is 280 g/mol. The van der Waals surface area contributed by atoms with Crippen LogP contribution in [-0.4, -0.2) is 60.8 Å². The molecule has 7 heteroatoms. The predicted octanol–water partition coefficient (Wildman–Crippen LogP) is 0.580. The third-order valence-electron chi connectivity index (χ3n) is 3.42. The van der Waals surface area contributed by atoms with E-state index in [1.165, 1.54) is 7.11 Å². The first-order valence-corrected chi connectivity index (χ1v) is 7.16. The molecule has 2 rings (SSSR count). The third-order valence-corrected chi connectivity index (χ3v) is 3.42. The second-order valence-corrected chi connectivity index (χ2v) is 6.08. The van der Waals surface area contributed by atoms with Crippen LogP contribution in [0.5, 0.6) is 0 Å². The molecule has 1 N–H and O–H groups in total. The number of aliphatic hydroxyl groups excluding tert-OH is 1. The lowest BCUT2D eigenvalue weighted by molar-refractivity contribution is -0.229. The van der Waals surface area contributed by atoms with Gasteiger partial charge in [0.05, 0.1) is 12.2 Å². The standard InChI is InChI=1S/C14H24O7/c1-7(2)18-12(16)8(15)6-9-10-11(13(17-5)19-9)21-14(3,4)20-10/h7-11,13,15H,6H2,1-5H3/t8?,9-,10-,11-,13-/m1/s1. The zero-order valence-electron chi connectivity index (χ0n) is 13.1. The number of carbonyl (C=O) groups excluding carboxylic acids is 1. The van der Waals surface area contributed by atoms with E-state index in [9.17, 15) is 9.90 Å². The summed E-state index contributed by atoms with van der Waals surface area (Å²) < 4.78 is 27.4. The Kier molecular flexibility index (Phi) is 4.89. The zero-order chi connectivity index (χ0) is 15.8. The summed E-state index contributed by atoms with van der Waals surface area (Å²) in [6.07, 6.45) is -3.28. The summed E-state index contributed by atoms with van der Waals surface area (Å²) in [7, 11) is 1.52. The first-order valence-electron chi connectivity index (χ1n) is 7.16. The smallest absolute Gasteiger partial charge is 0.335 e.